The summed E-state index contributed by atoms with van der Waals surface area (Å²) < 4.78 is 32.6. The molecule has 0 bridgehead atoms. The predicted octanol–water partition coefficient (Wildman–Crippen LogP) is 4.31. The number of thiophene rings is 1. The molecule has 0 spiro atoms. The third-order valence-corrected chi connectivity index (χ3v) is 6.26. The number of nitrogens with two attached hydrogens (primary N) is 1. The molecule has 2 heterocycles. The molecule has 0 saturated carbocycles. The number of piperidine rings is 1. The molecule has 8 nitrogen and oxygen atoms in total. The van der Waals surface area contributed by atoms with E-state index >= 15 is 0 Å². The monoisotopic (exact) mass is 480 g/mol. The second kappa shape index (κ2) is 11.1. The molecule has 3 rings (SSSR count). The minimum atomic E-state index is -0.877. The van der Waals surface area contributed by atoms with Crippen LogP contribution >= 0.6 is 11.3 Å². The van der Waals surface area contributed by atoms with Gasteiger partial charge in [0.25, 0.3) is 5.91 Å². The molecular formula is C22H26F2N4O4S. The molecule has 1 atom stereocenters. The molecule has 1 aliphatic heterocycles. The lowest BCUT2D eigenvalue weighted by Gasteiger charge is -2.32. The van der Waals surface area contributed by atoms with Gasteiger partial charge < -0.3 is 26.0 Å². The Morgan fingerprint density at radius 2 is 1.94 bits per heavy atom. The zero-order valence-electron chi connectivity index (χ0n) is 18.2. The molecule has 1 aromatic heterocycles. The molecule has 0 aliphatic carbocycles. The van der Waals surface area contributed by atoms with E-state index in [1.165, 1.54) is 6.07 Å². The van der Waals surface area contributed by atoms with Crippen molar-refractivity contribution in [2.45, 2.75) is 38.6 Å². The number of amides is 4. The second-order valence-electron chi connectivity index (χ2n) is 7.73. The SMILES string of the molecule is CCCCOC(=O)N1CCC[C@H](NC(=O)c2sc(-c3cc(F)cc(F)c3)cc2NC(N)=O)C1. The van der Waals surface area contributed by atoms with E-state index < -0.39 is 29.7 Å². The molecule has 1 aliphatic rings. The van der Waals surface area contributed by atoms with Crippen molar-refractivity contribution in [3.05, 3.63) is 40.8 Å². The number of nitrogens with one attached hydrogen (secondary N) is 2. The van der Waals surface area contributed by atoms with Crippen molar-refractivity contribution in [1.82, 2.24) is 10.2 Å². The number of nitrogens with zero attached hydrogens (tertiary/aromatic N) is 1. The Morgan fingerprint density at radius 3 is 2.61 bits per heavy atom. The lowest BCUT2D eigenvalue weighted by Crippen LogP contribution is -2.49. The van der Waals surface area contributed by atoms with Gasteiger partial charge in [-0.25, -0.2) is 18.4 Å². The first kappa shape index (κ1) is 24.4. The van der Waals surface area contributed by atoms with Crippen molar-refractivity contribution in [2.24, 2.45) is 5.73 Å². The van der Waals surface area contributed by atoms with Gasteiger partial charge >= 0.3 is 12.1 Å². The maximum absolute atomic E-state index is 13.7. The van der Waals surface area contributed by atoms with Crippen molar-refractivity contribution >= 4 is 35.1 Å². The van der Waals surface area contributed by atoms with Crippen molar-refractivity contribution in [1.29, 1.82) is 0 Å². The van der Waals surface area contributed by atoms with Gasteiger partial charge in [-0.2, -0.15) is 0 Å². The number of carbonyl (C=O) groups is 3. The van der Waals surface area contributed by atoms with Gasteiger partial charge in [-0.3, -0.25) is 4.79 Å². The number of hydrogen-bond donors (Lipinski definition) is 3. The van der Waals surface area contributed by atoms with E-state index in [-0.39, 0.29) is 22.2 Å². The Labute approximate surface area is 194 Å². The molecule has 1 saturated heterocycles. The van der Waals surface area contributed by atoms with Crippen LogP contribution in [-0.4, -0.2) is 48.7 Å². The second-order valence-corrected chi connectivity index (χ2v) is 8.78. The number of anilines is 1. The lowest BCUT2D eigenvalue weighted by molar-refractivity contribution is 0.0798. The van der Waals surface area contributed by atoms with Crippen LogP contribution in [-0.2, 0) is 4.74 Å². The Bertz CT molecular complexity index is 1010. The van der Waals surface area contributed by atoms with Crippen LogP contribution in [0.15, 0.2) is 24.3 Å². The molecule has 0 unspecified atom stereocenters. The summed E-state index contributed by atoms with van der Waals surface area (Å²) >= 11 is 0.968. The Hall–Kier alpha value is -3.21. The third kappa shape index (κ3) is 6.64. The quantitative estimate of drug-likeness (QED) is 0.512. The van der Waals surface area contributed by atoms with E-state index in [0.717, 1.165) is 42.4 Å². The molecular weight excluding hydrogens is 454 g/mol. The van der Waals surface area contributed by atoms with Crippen molar-refractivity contribution in [2.75, 3.05) is 25.0 Å². The minimum absolute atomic E-state index is 0.135. The van der Waals surface area contributed by atoms with Crippen LogP contribution in [0, 0.1) is 11.6 Å². The lowest BCUT2D eigenvalue weighted by atomic mass is 10.1. The van der Waals surface area contributed by atoms with Gasteiger partial charge in [0.15, 0.2) is 0 Å². The van der Waals surface area contributed by atoms with Crippen LogP contribution in [0.5, 0.6) is 0 Å². The van der Waals surface area contributed by atoms with Gasteiger partial charge in [0, 0.05) is 30.1 Å². The standard InChI is InChI=1S/C22H26F2N4O4S/c1-2-3-7-32-22(31)28-6-4-5-16(12-28)26-20(29)19-17(27-21(25)30)11-18(33-19)13-8-14(23)10-15(24)9-13/h8-11,16H,2-7,12H2,1H3,(H,26,29)(H3,25,27,30)/t16-/m0/s1. The van der Waals surface area contributed by atoms with Crippen LogP contribution in [0.3, 0.4) is 0 Å². The number of ether oxygens (including phenoxy) is 1. The highest BCUT2D eigenvalue weighted by Gasteiger charge is 2.27. The van der Waals surface area contributed by atoms with Crippen molar-refractivity contribution in [3.8, 4) is 10.4 Å². The normalized spacial score (nSPS) is 15.7. The van der Waals surface area contributed by atoms with E-state index in [1.807, 2.05) is 6.92 Å². The Balaban J connectivity index is 1.74. The topological polar surface area (TPSA) is 114 Å². The molecule has 4 amide bonds. The summed E-state index contributed by atoms with van der Waals surface area (Å²) in [5.74, 6) is -2.01. The fourth-order valence-electron chi connectivity index (χ4n) is 3.53. The van der Waals surface area contributed by atoms with E-state index in [2.05, 4.69) is 10.6 Å². The highest BCUT2D eigenvalue weighted by Crippen LogP contribution is 2.35. The van der Waals surface area contributed by atoms with Gasteiger partial charge in [-0.05, 0) is 43.0 Å². The van der Waals surface area contributed by atoms with Crippen molar-refractivity contribution < 1.29 is 27.9 Å². The van der Waals surface area contributed by atoms with E-state index in [4.69, 9.17) is 10.5 Å². The molecule has 4 N–H and O–H groups in total. The summed E-state index contributed by atoms with van der Waals surface area (Å²) in [6, 6.07) is 3.26. The zero-order valence-corrected chi connectivity index (χ0v) is 19.0. The van der Waals surface area contributed by atoms with Crippen LogP contribution in [0.1, 0.15) is 42.3 Å². The van der Waals surface area contributed by atoms with E-state index in [9.17, 15) is 23.2 Å². The summed E-state index contributed by atoms with van der Waals surface area (Å²) in [6.45, 7) is 3.19. The average Bonchev–Trinajstić information content (AvgIpc) is 3.16. The number of rotatable bonds is 7. The van der Waals surface area contributed by atoms with Crippen LogP contribution in [0.25, 0.3) is 10.4 Å². The maximum Gasteiger partial charge on any atom is 0.409 e. The number of hydrogen-bond acceptors (Lipinski definition) is 5. The number of likely N-dealkylation sites (tertiary alicyclic amines) is 1. The van der Waals surface area contributed by atoms with Gasteiger partial charge in [0.2, 0.25) is 0 Å². The molecule has 11 heteroatoms. The first-order chi connectivity index (χ1) is 15.8. The number of primary amides is 1. The largest absolute Gasteiger partial charge is 0.449 e. The number of halogens is 2. The Morgan fingerprint density at radius 1 is 1.21 bits per heavy atom. The maximum atomic E-state index is 13.7. The number of urea groups is 1. The van der Waals surface area contributed by atoms with Crippen LogP contribution in [0.2, 0.25) is 0 Å². The van der Waals surface area contributed by atoms with E-state index in [0.29, 0.717) is 37.4 Å². The van der Waals surface area contributed by atoms with Crippen LogP contribution < -0.4 is 16.4 Å². The smallest absolute Gasteiger partial charge is 0.409 e. The summed E-state index contributed by atoms with van der Waals surface area (Å²) in [4.78, 5) is 38.7. The van der Waals surface area contributed by atoms with Gasteiger partial charge in [-0.1, -0.05) is 13.3 Å². The highest BCUT2D eigenvalue weighted by atomic mass is 32.1. The average molecular weight is 481 g/mol. The zero-order chi connectivity index (χ0) is 24.0. The van der Waals surface area contributed by atoms with Crippen molar-refractivity contribution in [3.63, 3.8) is 0 Å². The fraction of sp³-hybridized carbons (Fsp3) is 0.409. The number of carbonyl (C=O) groups excluding carboxylic acids is 3. The fourth-order valence-corrected chi connectivity index (χ4v) is 4.53. The third-order valence-electron chi connectivity index (χ3n) is 5.08. The van der Waals surface area contributed by atoms with Gasteiger partial charge in [0.05, 0.1) is 12.3 Å². The molecule has 0 radical (unpaired) electrons. The minimum Gasteiger partial charge on any atom is -0.449 e. The summed E-state index contributed by atoms with van der Waals surface area (Å²) in [5, 5.41) is 5.25. The summed E-state index contributed by atoms with van der Waals surface area (Å²) in [5.41, 5.74) is 5.58. The molecule has 1 fully saturated rings. The number of benzene rings is 1. The molecule has 2 aromatic rings. The molecule has 33 heavy (non-hydrogen) atoms. The Kier molecular flexibility index (Phi) is 8.21. The summed E-state index contributed by atoms with van der Waals surface area (Å²) in [6.07, 6.45) is 2.64. The van der Waals surface area contributed by atoms with Crippen LogP contribution in [0.4, 0.5) is 24.1 Å². The predicted molar refractivity (Wildman–Crippen MR) is 121 cm³/mol. The van der Waals surface area contributed by atoms with Gasteiger partial charge in [0.1, 0.15) is 16.5 Å². The first-order valence-corrected chi connectivity index (χ1v) is 11.5. The molecule has 1 aromatic carbocycles. The van der Waals surface area contributed by atoms with E-state index in [1.54, 1.807) is 4.90 Å². The first-order valence-electron chi connectivity index (χ1n) is 10.7. The van der Waals surface area contributed by atoms with Gasteiger partial charge in [-0.15, -0.1) is 11.3 Å². The molecule has 178 valence electrons. The number of unbranched alkanes of at least 4 members (excludes halogenated alkanes) is 1. The summed E-state index contributed by atoms with van der Waals surface area (Å²) in [7, 11) is 0. The highest BCUT2D eigenvalue weighted by molar-refractivity contribution is 7.18.